The van der Waals surface area contributed by atoms with Gasteiger partial charge in [0.25, 0.3) is 5.69 Å². The van der Waals surface area contributed by atoms with Crippen LogP contribution in [0.25, 0.3) is 0 Å². The molecule has 44 heavy (non-hydrogen) atoms. The maximum Gasteiger partial charge on any atom is 0.318 e. The number of hydrogen-bond acceptors (Lipinski definition) is 13. The molecule has 5 rings (SSSR count). The maximum atomic E-state index is 11.6. The van der Waals surface area contributed by atoms with E-state index < -0.39 is 21.2 Å². The Morgan fingerprint density at radius 1 is 0.705 bits per heavy atom. The molecule has 0 aliphatic carbocycles. The highest BCUT2D eigenvalue weighted by Crippen LogP contribution is 2.38. The highest BCUT2D eigenvalue weighted by atomic mass is 16.6. The molecular weight excluding hydrogens is 570 g/mol. The molecule has 0 radical (unpaired) electrons. The molecule has 0 aliphatic rings. The van der Waals surface area contributed by atoms with E-state index in [-0.39, 0.29) is 35.1 Å². The van der Waals surface area contributed by atoms with Crippen LogP contribution in [0.3, 0.4) is 0 Å². The summed E-state index contributed by atoms with van der Waals surface area (Å²) in [4.78, 5) is 34.4. The van der Waals surface area contributed by atoms with Gasteiger partial charge in [-0.2, -0.15) is 20.1 Å². The van der Waals surface area contributed by atoms with Gasteiger partial charge in [0.1, 0.15) is 0 Å². The van der Waals surface area contributed by atoms with Crippen LogP contribution in [-0.4, -0.2) is 38.1 Å². The van der Waals surface area contributed by atoms with E-state index in [1.165, 1.54) is 19.4 Å². The van der Waals surface area contributed by atoms with Gasteiger partial charge in [-0.15, -0.1) is 0 Å². The van der Waals surface area contributed by atoms with Gasteiger partial charge in [0.15, 0.2) is 11.5 Å². The van der Waals surface area contributed by atoms with E-state index in [0.29, 0.717) is 5.56 Å². The number of nitrogens with zero attached hydrogens (tertiary/aromatic N) is 6. The van der Waals surface area contributed by atoms with Crippen molar-refractivity contribution in [2.45, 2.75) is 0 Å². The van der Waals surface area contributed by atoms with E-state index in [1.807, 2.05) is 60.7 Å². The highest BCUT2D eigenvalue weighted by molar-refractivity contribution is 5.81. The van der Waals surface area contributed by atoms with Crippen molar-refractivity contribution >= 4 is 46.8 Å². The third-order valence-corrected chi connectivity index (χ3v) is 5.83. The van der Waals surface area contributed by atoms with Gasteiger partial charge in [-0.25, -0.2) is 5.43 Å². The quantitative estimate of drug-likeness (QED) is 0.0817. The second kappa shape index (κ2) is 13.3. The molecule has 1 heterocycles. The number of nitrogens with one attached hydrogen (secondary N) is 3. The van der Waals surface area contributed by atoms with Crippen molar-refractivity contribution in [2.75, 3.05) is 23.2 Å². The first-order valence-corrected chi connectivity index (χ1v) is 12.9. The molecule has 15 heteroatoms. The normalized spacial score (nSPS) is 10.7. The first-order valence-electron chi connectivity index (χ1n) is 12.9. The van der Waals surface area contributed by atoms with Crippen molar-refractivity contribution in [1.82, 2.24) is 15.0 Å². The first-order chi connectivity index (χ1) is 21.4. The SMILES string of the molecule is COc1ccc(C=NNc2nc(Nc3ccccc3)nc(Nc3ccccc3)n2)cc1Oc1ccc([N+](=O)[O-])cc1[N+](=O)[O-]. The van der Waals surface area contributed by atoms with Crippen LogP contribution in [0.4, 0.5) is 40.6 Å². The Hall–Kier alpha value is -6.64. The Morgan fingerprint density at radius 3 is 1.86 bits per heavy atom. The molecule has 220 valence electrons. The predicted molar refractivity (Wildman–Crippen MR) is 163 cm³/mol. The highest BCUT2D eigenvalue weighted by Gasteiger charge is 2.22. The average molecular weight is 594 g/mol. The Labute approximate surface area is 249 Å². The molecule has 0 saturated heterocycles. The fourth-order valence-electron chi connectivity index (χ4n) is 3.82. The third kappa shape index (κ3) is 7.35. The van der Waals surface area contributed by atoms with Crippen molar-refractivity contribution in [3.05, 3.63) is 123 Å². The summed E-state index contributed by atoms with van der Waals surface area (Å²) in [6.07, 6.45) is 1.45. The van der Waals surface area contributed by atoms with E-state index in [4.69, 9.17) is 9.47 Å². The zero-order valence-electron chi connectivity index (χ0n) is 22.9. The average Bonchev–Trinajstić information content (AvgIpc) is 3.02. The van der Waals surface area contributed by atoms with Gasteiger partial charge in [0, 0.05) is 17.4 Å². The third-order valence-electron chi connectivity index (χ3n) is 5.83. The first kappa shape index (κ1) is 28.9. The number of nitro benzene ring substituents is 2. The number of ether oxygens (including phenoxy) is 2. The zero-order valence-corrected chi connectivity index (χ0v) is 22.9. The molecule has 0 unspecified atom stereocenters. The number of rotatable bonds is 12. The number of hydrogen-bond donors (Lipinski definition) is 3. The van der Waals surface area contributed by atoms with Crippen LogP contribution in [0.2, 0.25) is 0 Å². The largest absolute Gasteiger partial charge is 0.493 e. The molecule has 0 saturated carbocycles. The maximum absolute atomic E-state index is 11.6. The van der Waals surface area contributed by atoms with E-state index in [9.17, 15) is 20.2 Å². The molecule has 3 N–H and O–H groups in total. The summed E-state index contributed by atoms with van der Waals surface area (Å²) in [6, 6.07) is 26.7. The molecule has 1 aromatic heterocycles. The number of aromatic nitrogens is 3. The fourth-order valence-corrected chi connectivity index (χ4v) is 3.82. The summed E-state index contributed by atoms with van der Waals surface area (Å²) in [5.74, 6) is 0.873. The Balaban J connectivity index is 1.38. The van der Waals surface area contributed by atoms with E-state index in [0.717, 1.165) is 29.6 Å². The number of para-hydroxylation sites is 2. The van der Waals surface area contributed by atoms with Crippen LogP contribution in [0.15, 0.2) is 102 Å². The lowest BCUT2D eigenvalue weighted by Crippen LogP contribution is -2.07. The van der Waals surface area contributed by atoms with Crippen LogP contribution in [0.5, 0.6) is 17.2 Å². The number of non-ortho nitro benzene ring substituents is 1. The smallest absolute Gasteiger partial charge is 0.318 e. The van der Waals surface area contributed by atoms with Gasteiger partial charge in [0.05, 0.1) is 29.2 Å². The molecule has 0 fully saturated rings. The zero-order chi connectivity index (χ0) is 30.9. The second-order valence-corrected chi connectivity index (χ2v) is 8.84. The summed E-state index contributed by atoms with van der Waals surface area (Å²) < 4.78 is 11.1. The molecule has 5 aromatic rings. The van der Waals surface area contributed by atoms with E-state index in [2.05, 4.69) is 36.1 Å². The number of nitro groups is 2. The molecule has 0 amide bonds. The topological polar surface area (TPSA) is 192 Å². The van der Waals surface area contributed by atoms with Gasteiger partial charge < -0.3 is 20.1 Å². The van der Waals surface area contributed by atoms with Crippen LogP contribution in [0.1, 0.15) is 5.56 Å². The number of benzene rings is 4. The monoisotopic (exact) mass is 593 g/mol. The standard InChI is InChI=1S/C29H23N9O6/c1-43-25-14-12-19(16-26(25)44-24-15-13-22(37(39)40)17-23(24)38(41)42)18-30-36-29-34-27(31-20-8-4-2-5-9-20)33-28(35-29)32-21-10-6-3-7-11-21/h2-18H,1H3,(H3,31,32,33,34,35,36). The molecule has 0 spiro atoms. The van der Waals surface area contributed by atoms with Crippen molar-refractivity contribution in [2.24, 2.45) is 5.10 Å². The minimum Gasteiger partial charge on any atom is -0.493 e. The lowest BCUT2D eigenvalue weighted by atomic mass is 10.2. The predicted octanol–water partition coefficient (Wildman–Crippen LogP) is 6.42. The van der Waals surface area contributed by atoms with E-state index >= 15 is 0 Å². The molecule has 4 aromatic carbocycles. The summed E-state index contributed by atoms with van der Waals surface area (Å²) in [5.41, 5.74) is 3.85. The van der Waals surface area contributed by atoms with Crippen LogP contribution < -0.4 is 25.5 Å². The molecule has 0 atom stereocenters. The van der Waals surface area contributed by atoms with E-state index in [1.54, 1.807) is 12.1 Å². The van der Waals surface area contributed by atoms with Crippen LogP contribution in [0, 0.1) is 20.2 Å². The van der Waals surface area contributed by atoms with Gasteiger partial charge in [0.2, 0.25) is 23.6 Å². The minimum absolute atomic E-state index is 0.122. The second-order valence-electron chi connectivity index (χ2n) is 8.84. The van der Waals surface area contributed by atoms with Crippen molar-refractivity contribution in [1.29, 1.82) is 0 Å². The van der Waals surface area contributed by atoms with Gasteiger partial charge in [-0.3, -0.25) is 20.2 Å². The van der Waals surface area contributed by atoms with Gasteiger partial charge in [-0.1, -0.05) is 36.4 Å². The number of anilines is 5. The number of hydrazone groups is 1. The fraction of sp³-hybridized carbons (Fsp3) is 0.0345. The number of methoxy groups -OCH3 is 1. The van der Waals surface area contributed by atoms with Crippen molar-refractivity contribution in [3.8, 4) is 17.2 Å². The van der Waals surface area contributed by atoms with Crippen molar-refractivity contribution < 1.29 is 19.3 Å². The molecule has 15 nitrogen and oxygen atoms in total. The summed E-state index contributed by atoms with van der Waals surface area (Å²) in [6.45, 7) is 0. The van der Waals surface area contributed by atoms with Gasteiger partial charge in [-0.05, 0) is 54.1 Å². The Bertz CT molecular complexity index is 1760. The summed E-state index contributed by atoms with van der Waals surface area (Å²) in [7, 11) is 1.41. The summed E-state index contributed by atoms with van der Waals surface area (Å²) >= 11 is 0. The molecule has 0 aliphatic heterocycles. The molecular formula is C29H23N9O6. The summed E-state index contributed by atoms with van der Waals surface area (Å²) in [5, 5.41) is 33.1. The van der Waals surface area contributed by atoms with Gasteiger partial charge >= 0.3 is 5.69 Å². The minimum atomic E-state index is -0.763. The Kier molecular flexibility index (Phi) is 8.76. The van der Waals surface area contributed by atoms with Crippen LogP contribution in [-0.2, 0) is 0 Å². The Morgan fingerprint density at radius 2 is 1.30 bits per heavy atom. The molecule has 0 bridgehead atoms. The lowest BCUT2D eigenvalue weighted by Gasteiger charge is -2.11. The van der Waals surface area contributed by atoms with Crippen LogP contribution >= 0.6 is 0 Å². The lowest BCUT2D eigenvalue weighted by molar-refractivity contribution is -0.394. The van der Waals surface area contributed by atoms with Crippen molar-refractivity contribution in [3.63, 3.8) is 0 Å².